The number of hydrogen-bond acceptors (Lipinski definition) is 2. The van der Waals surface area contributed by atoms with Crippen LogP contribution in [0, 0.1) is 5.92 Å². The van der Waals surface area contributed by atoms with Crippen LogP contribution in [0.4, 0.5) is 0 Å². The minimum atomic E-state index is 0.911. The molecule has 2 rings (SSSR count). The zero-order valence-electron chi connectivity index (χ0n) is 12.3. The van der Waals surface area contributed by atoms with Crippen molar-refractivity contribution >= 4 is 0 Å². The maximum Gasteiger partial charge on any atom is 0.00953 e. The van der Waals surface area contributed by atoms with Gasteiger partial charge in [-0.3, -0.25) is 0 Å². The highest BCUT2D eigenvalue weighted by Crippen LogP contribution is 2.26. The summed E-state index contributed by atoms with van der Waals surface area (Å²) in [5, 5.41) is 3.61. The first kappa shape index (κ1) is 14.3. The zero-order valence-corrected chi connectivity index (χ0v) is 12.3. The number of piperidine rings is 1. The van der Waals surface area contributed by atoms with Crippen LogP contribution in [0.5, 0.6) is 0 Å². The number of nitrogens with zero attached hydrogens (tertiary/aromatic N) is 1. The average Bonchev–Trinajstić information content (AvgIpc) is 2.68. The van der Waals surface area contributed by atoms with Crippen molar-refractivity contribution in [2.24, 2.45) is 5.92 Å². The van der Waals surface area contributed by atoms with Crippen LogP contribution in [0.1, 0.15) is 64.7 Å². The average molecular weight is 252 g/mol. The molecule has 1 saturated heterocycles. The Morgan fingerprint density at radius 1 is 1.00 bits per heavy atom. The summed E-state index contributed by atoms with van der Waals surface area (Å²) >= 11 is 0. The minimum absolute atomic E-state index is 0.911. The van der Waals surface area contributed by atoms with Gasteiger partial charge in [-0.05, 0) is 57.7 Å². The lowest BCUT2D eigenvalue weighted by Crippen LogP contribution is -2.45. The van der Waals surface area contributed by atoms with Crippen molar-refractivity contribution in [1.29, 1.82) is 0 Å². The fourth-order valence-electron chi connectivity index (χ4n) is 3.70. The Kier molecular flexibility index (Phi) is 6.50. The first-order chi connectivity index (χ1) is 8.90. The normalized spacial score (nSPS) is 28.2. The standard InChI is InChI=1S/C16H32N2/c1-2-11-17-13-15-8-7-12-18(14-15)16-9-5-3-4-6-10-16/h15-17H,2-14H2,1H3. The molecule has 2 fully saturated rings. The minimum Gasteiger partial charge on any atom is -0.316 e. The molecule has 1 N–H and O–H groups in total. The van der Waals surface area contributed by atoms with E-state index >= 15 is 0 Å². The van der Waals surface area contributed by atoms with Crippen molar-refractivity contribution in [3.8, 4) is 0 Å². The smallest absolute Gasteiger partial charge is 0.00953 e. The van der Waals surface area contributed by atoms with Gasteiger partial charge in [0.25, 0.3) is 0 Å². The number of hydrogen-bond donors (Lipinski definition) is 1. The SMILES string of the molecule is CCCNCC1CCCN(C2CCCCCC2)C1. The molecule has 2 heteroatoms. The lowest BCUT2D eigenvalue weighted by atomic mass is 9.95. The Labute approximate surface area is 114 Å². The summed E-state index contributed by atoms with van der Waals surface area (Å²) in [6, 6.07) is 0.918. The van der Waals surface area contributed by atoms with Crippen molar-refractivity contribution in [3.63, 3.8) is 0 Å². The summed E-state index contributed by atoms with van der Waals surface area (Å²) in [5.41, 5.74) is 0. The molecule has 1 aliphatic carbocycles. The summed E-state index contributed by atoms with van der Waals surface area (Å²) in [6.07, 6.45) is 13.0. The molecule has 1 unspecified atom stereocenters. The maximum absolute atomic E-state index is 3.61. The van der Waals surface area contributed by atoms with Crippen molar-refractivity contribution in [3.05, 3.63) is 0 Å². The lowest BCUT2D eigenvalue weighted by molar-refractivity contribution is 0.112. The molecule has 0 aromatic rings. The predicted molar refractivity (Wildman–Crippen MR) is 78.9 cm³/mol. The van der Waals surface area contributed by atoms with E-state index < -0.39 is 0 Å². The van der Waals surface area contributed by atoms with Crippen LogP contribution in [0.2, 0.25) is 0 Å². The highest BCUT2D eigenvalue weighted by Gasteiger charge is 2.25. The third kappa shape index (κ3) is 4.55. The third-order valence-corrected chi connectivity index (χ3v) is 4.75. The van der Waals surface area contributed by atoms with E-state index in [0.29, 0.717) is 0 Å². The van der Waals surface area contributed by atoms with E-state index in [0.717, 1.165) is 12.0 Å². The molecule has 0 amide bonds. The van der Waals surface area contributed by atoms with Crippen LogP contribution < -0.4 is 5.32 Å². The molecule has 1 aliphatic heterocycles. The first-order valence-corrected chi connectivity index (χ1v) is 8.35. The van der Waals surface area contributed by atoms with Crippen LogP contribution >= 0.6 is 0 Å². The van der Waals surface area contributed by atoms with Gasteiger partial charge in [0.1, 0.15) is 0 Å². The fraction of sp³-hybridized carbons (Fsp3) is 1.00. The molecule has 1 atom stereocenters. The second kappa shape index (κ2) is 8.16. The van der Waals surface area contributed by atoms with Gasteiger partial charge in [0.05, 0.1) is 0 Å². The summed E-state index contributed by atoms with van der Waals surface area (Å²) in [5.74, 6) is 0.911. The second-order valence-corrected chi connectivity index (χ2v) is 6.35. The molecule has 0 bridgehead atoms. The van der Waals surface area contributed by atoms with E-state index in [4.69, 9.17) is 0 Å². The van der Waals surface area contributed by atoms with E-state index in [2.05, 4.69) is 17.1 Å². The molecule has 0 aromatic heterocycles. The third-order valence-electron chi connectivity index (χ3n) is 4.75. The van der Waals surface area contributed by atoms with Gasteiger partial charge in [-0.1, -0.05) is 32.6 Å². The van der Waals surface area contributed by atoms with Crippen molar-refractivity contribution in [1.82, 2.24) is 10.2 Å². The fourth-order valence-corrected chi connectivity index (χ4v) is 3.70. The van der Waals surface area contributed by atoms with Crippen molar-refractivity contribution in [2.45, 2.75) is 70.8 Å². The van der Waals surface area contributed by atoms with E-state index in [9.17, 15) is 0 Å². The molecular formula is C16H32N2. The molecular weight excluding hydrogens is 220 g/mol. The van der Waals surface area contributed by atoms with Gasteiger partial charge in [0.2, 0.25) is 0 Å². The Morgan fingerprint density at radius 3 is 2.50 bits per heavy atom. The Balaban J connectivity index is 1.74. The molecule has 1 saturated carbocycles. The number of likely N-dealkylation sites (tertiary alicyclic amines) is 1. The van der Waals surface area contributed by atoms with Gasteiger partial charge >= 0.3 is 0 Å². The Bertz CT molecular complexity index is 209. The van der Waals surface area contributed by atoms with Crippen LogP contribution in [-0.2, 0) is 0 Å². The quantitative estimate of drug-likeness (QED) is 0.596. The van der Waals surface area contributed by atoms with Crippen LogP contribution in [0.25, 0.3) is 0 Å². The number of rotatable bonds is 5. The first-order valence-electron chi connectivity index (χ1n) is 8.35. The second-order valence-electron chi connectivity index (χ2n) is 6.35. The summed E-state index contributed by atoms with van der Waals surface area (Å²) in [4.78, 5) is 2.83. The van der Waals surface area contributed by atoms with Crippen molar-refractivity contribution < 1.29 is 0 Å². The van der Waals surface area contributed by atoms with E-state index in [1.807, 2.05) is 0 Å². The van der Waals surface area contributed by atoms with E-state index in [1.165, 1.54) is 84.0 Å². The Hall–Kier alpha value is -0.0800. The highest BCUT2D eigenvalue weighted by molar-refractivity contribution is 4.81. The molecule has 0 radical (unpaired) electrons. The van der Waals surface area contributed by atoms with Gasteiger partial charge in [0.15, 0.2) is 0 Å². The van der Waals surface area contributed by atoms with E-state index in [1.54, 1.807) is 0 Å². The van der Waals surface area contributed by atoms with Crippen molar-refractivity contribution in [2.75, 3.05) is 26.2 Å². The van der Waals surface area contributed by atoms with Gasteiger partial charge in [-0.15, -0.1) is 0 Å². The predicted octanol–water partition coefficient (Wildman–Crippen LogP) is 3.42. The summed E-state index contributed by atoms with van der Waals surface area (Å²) in [6.45, 7) is 7.43. The lowest BCUT2D eigenvalue weighted by Gasteiger charge is -2.38. The van der Waals surface area contributed by atoms with E-state index in [-0.39, 0.29) is 0 Å². The topological polar surface area (TPSA) is 15.3 Å². The molecule has 2 aliphatic rings. The zero-order chi connectivity index (χ0) is 12.6. The molecule has 0 aromatic carbocycles. The number of nitrogens with one attached hydrogen (secondary N) is 1. The van der Waals surface area contributed by atoms with Gasteiger partial charge < -0.3 is 10.2 Å². The molecule has 106 valence electrons. The van der Waals surface area contributed by atoms with Crippen LogP contribution in [0.15, 0.2) is 0 Å². The van der Waals surface area contributed by atoms with Crippen LogP contribution in [-0.4, -0.2) is 37.1 Å². The highest BCUT2D eigenvalue weighted by atomic mass is 15.2. The molecule has 18 heavy (non-hydrogen) atoms. The Morgan fingerprint density at radius 2 is 1.78 bits per heavy atom. The summed E-state index contributed by atoms with van der Waals surface area (Å²) < 4.78 is 0. The van der Waals surface area contributed by atoms with Gasteiger partial charge in [-0.2, -0.15) is 0 Å². The van der Waals surface area contributed by atoms with Gasteiger partial charge in [-0.25, -0.2) is 0 Å². The van der Waals surface area contributed by atoms with Gasteiger partial charge in [0, 0.05) is 12.6 Å². The largest absolute Gasteiger partial charge is 0.316 e. The van der Waals surface area contributed by atoms with Crippen LogP contribution in [0.3, 0.4) is 0 Å². The summed E-state index contributed by atoms with van der Waals surface area (Å²) in [7, 11) is 0. The molecule has 2 nitrogen and oxygen atoms in total. The maximum atomic E-state index is 3.61. The molecule has 0 spiro atoms. The monoisotopic (exact) mass is 252 g/mol. The molecule has 1 heterocycles.